The Kier molecular flexibility index (Phi) is 4.52. The third kappa shape index (κ3) is 3.80. The van der Waals surface area contributed by atoms with E-state index >= 15 is 0 Å². The average molecular weight is 395 g/mol. The highest BCUT2D eigenvalue weighted by molar-refractivity contribution is 6.10. The van der Waals surface area contributed by atoms with Gasteiger partial charge in [0.1, 0.15) is 17.4 Å². The number of hydrogen-bond acceptors (Lipinski definition) is 5. The number of nitrogens with zero attached hydrogens (tertiary/aromatic N) is 3. The second-order valence-electron chi connectivity index (χ2n) is 7.47. The number of aromatic hydroxyl groups is 1. The van der Waals surface area contributed by atoms with E-state index in [0.717, 1.165) is 39.8 Å². The van der Waals surface area contributed by atoms with E-state index in [9.17, 15) is 5.11 Å². The fourth-order valence-corrected chi connectivity index (χ4v) is 3.65. The summed E-state index contributed by atoms with van der Waals surface area (Å²) in [6.07, 6.45) is 4.51. The molecule has 0 spiro atoms. The Morgan fingerprint density at radius 2 is 1.93 bits per heavy atom. The summed E-state index contributed by atoms with van der Waals surface area (Å²) in [7, 11) is 0. The molecule has 0 atom stereocenters. The number of nitrogens with one attached hydrogen (secondary N) is 2. The molecule has 30 heavy (non-hydrogen) atoms. The second-order valence-corrected chi connectivity index (χ2v) is 7.47. The van der Waals surface area contributed by atoms with Crippen LogP contribution in [0.1, 0.15) is 17.1 Å². The first-order valence-electron chi connectivity index (χ1n) is 9.84. The molecule has 1 aliphatic rings. The van der Waals surface area contributed by atoms with Crippen LogP contribution in [0.25, 0.3) is 10.9 Å². The van der Waals surface area contributed by atoms with E-state index in [-0.39, 0.29) is 5.75 Å². The minimum absolute atomic E-state index is 0.255. The Morgan fingerprint density at radius 3 is 2.80 bits per heavy atom. The summed E-state index contributed by atoms with van der Waals surface area (Å²) in [5.41, 5.74) is 6.34. The van der Waals surface area contributed by atoms with E-state index in [2.05, 4.69) is 56.5 Å². The van der Waals surface area contributed by atoms with Gasteiger partial charge in [-0.05, 0) is 78.7 Å². The summed E-state index contributed by atoms with van der Waals surface area (Å²) in [4.78, 5) is 17.0. The number of aliphatic imine (C=N–C) groups is 1. The third-order valence-corrected chi connectivity index (χ3v) is 5.07. The number of anilines is 2. The Balaban J connectivity index is 1.30. The molecule has 0 saturated heterocycles. The van der Waals surface area contributed by atoms with Crippen LogP contribution in [0, 0.1) is 6.92 Å². The Morgan fingerprint density at radius 1 is 1.07 bits per heavy atom. The topological polar surface area (TPSA) is 86.2 Å². The van der Waals surface area contributed by atoms with Gasteiger partial charge in [0.15, 0.2) is 0 Å². The number of aromatic amines is 1. The van der Waals surface area contributed by atoms with Gasteiger partial charge in [-0.2, -0.15) is 0 Å². The number of H-pyrrole nitrogens is 1. The summed E-state index contributed by atoms with van der Waals surface area (Å²) in [6, 6.07) is 17.3. The number of hydrogen-bond donors (Lipinski definition) is 3. The summed E-state index contributed by atoms with van der Waals surface area (Å²) in [5.74, 6) is 1.78. The standard InChI is InChI=1S/C24H21N5O/c1-15-10-18-13-19(4-7-21(18)27-15)28-23-8-9-25-24(29-23)12-16-11-22(26-14-16)17-2-5-20(30)6-3-17/h2-11,13,27,30H,12,14H2,1H3,(H,25,28,29). The van der Waals surface area contributed by atoms with Gasteiger partial charge in [-0.25, -0.2) is 9.97 Å². The SMILES string of the molecule is Cc1cc2cc(Nc3ccnc(CC4=CC(c5ccc(O)cc5)=NC4)n3)ccc2[nH]1. The molecule has 0 fully saturated rings. The van der Waals surface area contributed by atoms with E-state index < -0.39 is 0 Å². The van der Waals surface area contributed by atoms with Crippen molar-refractivity contribution in [1.29, 1.82) is 0 Å². The summed E-state index contributed by atoms with van der Waals surface area (Å²) >= 11 is 0. The first-order chi connectivity index (χ1) is 14.6. The number of rotatable bonds is 5. The molecule has 148 valence electrons. The lowest BCUT2D eigenvalue weighted by Gasteiger charge is -2.07. The smallest absolute Gasteiger partial charge is 0.134 e. The number of benzene rings is 2. The molecule has 0 aliphatic carbocycles. The van der Waals surface area contributed by atoms with E-state index in [1.165, 1.54) is 11.0 Å². The van der Waals surface area contributed by atoms with Crippen LogP contribution >= 0.6 is 0 Å². The van der Waals surface area contributed by atoms with Gasteiger partial charge in [-0.15, -0.1) is 0 Å². The molecule has 0 bridgehead atoms. The maximum absolute atomic E-state index is 9.45. The molecule has 4 aromatic rings. The lowest BCUT2D eigenvalue weighted by atomic mass is 10.1. The molecule has 3 heterocycles. The van der Waals surface area contributed by atoms with Gasteiger partial charge in [0.05, 0.1) is 12.3 Å². The molecule has 6 nitrogen and oxygen atoms in total. The van der Waals surface area contributed by atoms with E-state index in [4.69, 9.17) is 0 Å². The van der Waals surface area contributed by atoms with Crippen LogP contribution in [0.3, 0.4) is 0 Å². The molecular weight excluding hydrogens is 374 g/mol. The number of aryl methyl sites for hydroxylation is 1. The minimum Gasteiger partial charge on any atom is -0.508 e. The molecule has 2 aromatic carbocycles. The molecule has 6 heteroatoms. The fourth-order valence-electron chi connectivity index (χ4n) is 3.65. The van der Waals surface area contributed by atoms with Crippen molar-refractivity contribution in [3.63, 3.8) is 0 Å². The van der Waals surface area contributed by atoms with Crippen molar-refractivity contribution in [1.82, 2.24) is 15.0 Å². The van der Waals surface area contributed by atoms with Crippen LogP contribution < -0.4 is 5.32 Å². The fraction of sp³-hybridized carbons (Fsp3) is 0.125. The molecule has 5 rings (SSSR count). The Hall–Kier alpha value is -3.93. The third-order valence-electron chi connectivity index (χ3n) is 5.07. The summed E-state index contributed by atoms with van der Waals surface area (Å²) < 4.78 is 0. The Bertz CT molecular complexity index is 1280. The van der Waals surface area contributed by atoms with Crippen LogP contribution in [-0.2, 0) is 6.42 Å². The van der Waals surface area contributed by atoms with Crippen LogP contribution in [0.5, 0.6) is 5.75 Å². The quantitative estimate of drug-likeness (QED) is 0.458. The Labute approximate surface area is 174 Å². The van der Waals surface area contributed by atoms with Crippen molar-refractivity contribution < 1.29 is 5.11 Å². The highest BCUT2D eigenvalue weighted by atomic mass is 16.3. The van der Waals surface area contributed by atoms with Gasteiger partial charge in [-0.3, -0.25) is 4.99 Å². The molecule has 1 aliphatic heterocycles. The number of phenolic OH excluding ortho intramolecular Hbond substituents is 1. The molecule has 0 saturated carbocycles. The number of fused-ring (bicyclic) bond motifs is 1. The zero-order valence-corrected chi connectivity index (χ0v) is 16.6. The van der Waals surface area contributed by atoms with Gasteiger partial charge in [-0.1, -0.05) is 0 Å². The number of phenols is 1. The maximum atomic E-state index is 9.45. The second kappa shape index (κ2) is 7.48. The van der Waals surface area contributed by atoms with Crippen LogP contribution in [0.2, 0.25) is 0 Å². The van der Waals surface area contributed by atoms with Crippen molar-refractivity contribution in [2.24, 2.45) is 4.99 Å². The highest BCUT2D eigenvalue weighted by Gasteiger charge is 2.12. The zero-order chi connectivity index (χ0) is 20.5. The number of allylic oxidation sites excluding steroid dienone is 1. The molecule has 0 radical (unpaired) electrons. The molecule has 2 aromatic heterocycles. The normalized spacial score (nSPS) is 13.4. The monoisotopic (exact) mass is 395 g/mol. The van der Waals surface area contributed by atoms with E-state index in [1.54, 1.807) is 18.3 Å². The molecule has 3 N–H and O–H groups in total. The van der Waals surface area contributed by atoms with Gasteiger partial charge in [0.2, 0.25) is 0 Å². The van der Waals surface area contributed by atoms with Crippen molar-refractivity contribution >= 4 is 28.1 Å². The first-order valence-corrected chi connectivity index (χ1v) is 9.84. The maximum Gasteiger partial charge on any atom is 0.134 e. The average Bonchev–Trinajstić information content (AvgIpc) is 3.34. The first kappa shape index (κ1) is 18.1. The predicted molar refractivity (Wildman–Crippen MR) is 120 cm³/mol. The largest absolute Gasteiger partial charge is 0.508 e. The summed E-state index contributed by atoms with van der Waals surface area (Å²) in [5, 5.41) is 14.0. The van der Waals surface area contributed by atoms with E-state index in [0.29, 0.717) is 13.0 Å². The van der Waals surface area contributed by atoms with Gasteiger partial charge in [0.25, 0.3) is 0 Å². The van der Waals surface area contributed by atoms with Crippen molar-refractivity contribution in [2.75, 3.05) is 11.9 Å². The zero-order valence-electron chi connectivity index (χ0n) is 16.6. The van der Waals surface area contributed by atoms with Gasteiger partial charge >= 0.3 is 0 Å². The predicted octanol–water partition coefficient (Wildman–Crippen LogP) is 4.69. The summed E-state index contributed by atoms with van der Waals surface area (Å²) in [6.45, 7) is 2.69. The van der Waals surface area contributed by atoms with Crippen LogP contribution in [0.15, 0.2) is 77.4 Å². The minimum atomic E-state index is 0.255. The van der Waals surface area contributed by atoms with Crippen molar-refractivity contribution in [3.8, 4) is 5.75 Å². The molecular formula is C24H21N5O. The molecule has 0 unspecified atom stereocenters. The van der Waals surface area contributed by atoms with Crippen molar-refractivity contribution in [3.05, 3.63) is 89.5 Å². The molecule has 0 amide bonds. The van der Waals surface area contributed by atoms with Crippen molar-refractivity contribution in [2.45, 2.75) is 13.3 Å². The van der Waals surface area contributed by atoms with E-state index in [1.807, 2.05) is 24.3 Å². The lowest BCUT2D eigenvalue weighted by Crippen LogP contribution is -2.02. The lowest BCUT2D eigenvalue weighted by molar-refractivity contribution is 0.475. The van der Waals surface area contributed by atoms with Gasteiger partial charge in [0, 0.05) is 34.9 Å². The van der Waals surface area contributed by atoms with Crippen LogP contribution in [0.4, 0.5) is 11.5 Å². The van der Waals surface area contributed by atoms with Gasteiger partial charge < -0.3 is 15.4 Å². The number of aromatic nitrogens is 3. The highest BCUT2D eigenvalue weighted by Crippen LogP contribution is 2.23. The van der Waals surface area contributed by atoms with Crippen LogP contribution in [-0.4, -0.2) is 32.3 Å².